The van der Waals surface area contributed by atoms with Gasteiger partial charge >= 0.3 is 0 Å². The summed E-state index contributed by atoms with van der Waals surface area (Å²) in [5.41, 5.74) is 7.00. The molecule has 0 saturated heterocycles. The van der Waals surface area contributed by atoms with Crippen molar-refractivity contribution < 1.29 is 4.39 Å². The quantitative estimate of drug-likeness (QED) is 0.656. The smallest absolute Gasteiger partial charge is 0.146 e. The number of rotatable bonds is 3. The Hall–Kier alpha value is -1.09. The van der Waals surface area contributed by atoms with Crippen LogP contribution in [0.25, 0.3) is 0 Å². The summed E-state index contributed by atoms with van der Waals surface area (Å²) in [6.07, 6.45) is 7.84. The molecule has 0 aromatic heterocycles. The zero-order chi connectivity index (χ0) is 13.0. The number of anilines is 1. The first kappa shape index (κ1) is 13.3. The minimum Gasteiger partial charge on any atom is -0.396 e. The van der Waals surface area contributed by atoms with E-state index < -0.39 is 0 Å². The zero-order valence-corrected chi connectivity index (χ0v) is 11.2. The van der Waals surface area contributed by atoms with Gasteiger partial charge in [0.05, 0.1) is 5.69 Å². The third kappa shape index (κ3) is 3.22. The maximum Gasteiger partial charge on any atom is 0.146 e. The lowest BCUT2D eigenvalue weighted by Crippen LogP contribution is -2.31. The summed E-state index contributed by atoms with van der Waals surface area (Å²) in [6, 6.07) is 5.70. The molecule has 0 heterocycles. The predicted molar refractivity (Wildman–Crippen MR) is 73.8 cm³/mol. The number of hydrogen-bond acceptors (Lipinski definition) is 2. The lowest BCUT2D eigenvalue weighted by molar-refractivity contribution is 0.213. The molecule has 0 spiro atoms. The summed E-state index contributed by atoms with van der Waals surface area (Å²) in [6.45, 7) is 0.744. The maximum absolute atomic E-state index is 13.4. The molecule has 100 valence electrons. The number of nitrogens with two attached hydrogens (primary N) is 1. The van der Waals surface area contributed by atoms with Crippen LogP contribution in [0.1, 0.15) is 44.1 Å². The van der Waals surface area contributed by atoms with Crippen LogP contribution in [-0.2, 0) is 6.54 Å². The van der Waals surface area contributed by atoms with E-state index in [1.165, 1.54) is 44.6 Å². The fourth-order valence-corrected chi connectivity index (χ4v) is 2.82. The molecule has 2 rings (SSSR count). The average molecular weight is 250 g/mol. The number of hydrogen-bond donors (Lipinski definition) is 1. The van der Waals surface area contributed by atoms with Gasteiger partial charge in [0.25, 0.3) is 0 Å². The van der Waals surface area contributed by atoms with Crippen LogP contribution >= 0.6 is 0 Å². The van der Waals surface area contributed by atoms with E-state index in [9.17, 15) is 4.39 Å². The highest BCUT2D eigenvalue weighted by atomic mass is 19.1. The highest BCUT2D eigenvalue weighted by Crippen LogP contribution is 2.24. The van der Waals surface area contributed by atoms with Gasteiger partial charge in [-0.15, -0.1) is 0 Å². The number of nitrogen functional groups attached to an aromatic ring is 1. The van der Waals surface area contributed by atoms with Crippen molar-refractivity contribution in [2.24, 2.45) is 0 Å². The lowest BCUT2D eigenvalue weighted by Gasteiger charge is -2.27. The van der Waals surface area contributed by atoms with Crippen molar-refractivity contribution in [1.29, 1.82) is 0 Å². The monoisotopic (exact) mass is 250 g/mol. The molecule has 2 N–H and O–H groups in total. The Bertz CT molecular complexity index is 384. The molecule has 1 aliphatic rings. The molecule has 1 aromatic rings. The van der Waals surface area contributed by atoms with E-state index in [0.29, 0.717) is 11.7 Å². The fraction of sp³-hybridized carbons (Fsp3) is 0.600. The molecule has 1 aliphatic carbocycles. The van der Waals surface area contributed by atoms with Gasteiger partial charge in [-0.3, -0.25) is 4.90 Å². The first-order valence-corrected chi connectivity index (χ1v) is 6.91. The van der Waals surface area contributed by atoms with Crippen LogP contribution in [0.2, 0.25) is 0 Å². The summed E-state index contributed by atoms with van der Waals surface area (Å²) in [7, 11) is 2.13. The van der Waals surface area contributed by atoms with Crippen LogP contribution in [0, 0.1) is 5.82 Å². The molecular formula is C15H23FN2. The van der Waals surface area contributed by atoms with E-state index in [4.69, 9.17) is 5.73 Å². The summed E-state index contributed by atoms with van der Waals surface area (Å²) in [5.74, 6) is -0.304. The van der Waals surface area contributed by atoms with Crippen LogP contribution in [0.4, 0.5) is 10.1 Å². The second-order valence-corrected chi connectivity index (χ2v) is 5.37. The molecule has 0 amide bonds. The van der Waals surface area contributed by atoms with Crippen molar-refractivity contribution in [2.45, 2.75) is 51.1 Å². The summed E-state index contributed by atoms with van der Waals surface area (Å²) >= 11 is 0. The van der Waals surface area contributed by atoms with E-state index in [1.54, 1.807) is 6.07 Å². The molecular weight excluding hydrogens is 227 g/mol. The van der Waals surface area contributed by atoms with Gasteiger partial charge in [0.15, 0.2) is 0 Å². The van der Waals surface area contributed by atoms with Crippen LogP contribution in [0.3, 0.4) is 0 Å². The largest absolute Gasteiger partial charge is 0.396 e. The number of benzene rings is 1. The normalized spacial score (nSPS) is 17.9. The van der Waals surface area contributed by atoms with Crippen molar-refractivity contribution in [3.05, 3.63) is 29.6 Å². The number of nitrogens with zero attached hydrogens (tertiary/aromatic N) is 1. The van der Waals surface area contributed by atoms with Crippen molar-refractivity contribution in [1.82, 2.24) is 4.90 Å². The minimum atomic E-state index is -0.304. The SMILES string of the molecule is CN(Cc1cccc(F)c1N)C1CCCCCC1. The van der Waals surface area contributed by atoms with Crippen LogP contribution in [0.5, 0.6) is 0 Å². The Kier molecular flexibility index (Phi) is 4.59. The summed E-state index contributed by atoms with van der Waals surface area (Å²) in [5, 5.41) is 0. The van der Waals surface area contributed by atoms with Gasteiger partial charge in [0.1, 0.15) is 5.82 Å². The topological polar surface area (TPSA) is 29.3 Å². The Morgan fingerprint density at radius 3 is 2.56 bits per heavy atom. The third-order valence-corrected chi connectivity index (χ3v) is 4.01. The second kappa shape index (κ2) is 6.19. The minimum absolute atomic E-state index is 0.304. The van der Waals surface area contributed by atoms with E-state index >= 15 is 0 Å². The molecule has 1 aromatic carbocycles. The first-order valence-electron chi connectivity index (χ1n) is 6.91. The van der Waals surface area contributed by atoms with Crippen LogP contribution in [0.15, 0.2) is 18.2 Å². The fourth-order valence-electron chi connectivity index (χ4n) is 2.82. The van der Waals surface area contributed by atoms with Gasteiger partial charge in [0, 0.05) is 12.6 Å². The Morgan fingerprint density at radius 1 is 1.22 bits per heavy atom. The van der Waals surface area contributed by atoms with Gasteiger partial charge in [0.2, 0.25) is 0 Å². The molecule has 0 bridgehead atoms. The molecule has 3 heteroatoms. The molecule has 0 atom stereocenters. The van der Waals surface area contributed by atoms with Crippen LogP contribution < -0.4 is 5.73 Å². The molecule has 1 saturated carbocycles. The average Bonchev–Trinajstić information content (AvgIpc) is 2.63. The first-order chi connectivity index (χ1) is 8.68. The highest BCUT2D eigenvalue weighted by molar-refractivity contribution is 5.47. The van der Waals surface area contributed by atoms with E-state index in [1.807, 2.05) is 6.07 Å². The summed E-state index contributed by atoms with van der Waals surface area (Å²) in [4.78, 5) is 2.33. The Balaban J connectivity index is 2.01. The van der Waals surface area contributed by atoms with Crippen LogP contribution in [-0.4, -0.2) is 18.0 Å². The van der Waals surface area contributed by atoms with Gasteiger partial charge in [-0.25, -0.2) is 4.39 Å². The molecule has 18 heavy (non-hydrogen) atoms. The standard InChI is InChI=1S/C15H23FN2/c1-18(13-8-4-2-3-5-9-13)11-12-7-6-10-14(16)15(12)17/h6-7,10,13H,2-5,8-9,11,17H2,1H3. The molecule has 0 radical (unpaired) electrons. The number of para-hydroxylation sites is 1. The zero-order valence-electron chi connectivity index (χ0n) is 11.2. The van der Waals surface area contributed by atoms with Crippen molar-refractivity contribution >= 4 is 5.69 Å². The Labute approximate surface area is 109 Å². The van der Waals surface area contributed by atoms with E-state index in [2.05, 4.69) is 11.9 Å². The van der Waals surface area contributed by atoms with Crippen molar-refractivity contribution in [3.8, 4) is 0 Å². The van der Waals surface area contributed by atoms with Gasteiger partial charge in [-0.05, 0) is 31.5 Å². The van der Waals surface area contributed by atoms with E-state index in [-0.39, 0.29) is 5.82 Å². The Morgan fingerprint density at radius 2 is 1.89 bits per heavy atom. The lowest BCUT2D eigenvalue weighted by atomic mass is 10.1. The number of halogens is 1. The third-order valence-electron chi connectivity index (χ3n) is 4.01. The van der Waals surface area contributed by atoms with Gasteiger partial charge < -0.3 is 5.73 Å². The molecule has 1 fully saturated rings. The van der Waals surface area contributed by atoms with Crippen molar-refractivity contribution in [3.63, 3.8) is 0 Å². The van der Waals surface area contributed by atoms with Gasteiger partial charge in [-0.1, -0.05) is 37.8 Å². The second-order valence-electron chi connectivity index (χ2n) is 5.37. The van der Waals surface area contributed by atoms with Crippen molar-refractivity contribution in [2.75, 3.05) is 12.8 Å². The predicted octanol–water partition coefficient (Wildman–Crippen LogP) is 3.56. The highest BCUT2D eigenvalue weighted by Gasteiger charge is 2.18. The van der Waals surface area contributed by atoms with Gasteiger partial charge in [-0.2, -0.15) is 0 Å². The molecule has 2 nitrogen and oxygen atoms in total. The summed E-state index contributed by atoms with van der Waals surface area (Å²) < 4.78 is 13.4. The van der Waals surface area contributed by atoms with E-state index in [0.717, 1.165) is 12.1 Å². The molecule has 0 unspecified atom stereocenters. The molecule has 0 aliphatic heterocycles. The maximum atomic E-state index is 13.4.